The van der Waals surface area contributed by atoms with E-state index in [9.17, 15) is 4.79 Å². The molecule has 0 fully saturated rings. The van der Waals surface area contributed by atoms with E-state index in [1.54, 1.807) is 25.1 Å². The van der Waals surface area contributed by atoms with Crippen molar-refractivity contribution in [3.8, 4) is 5.75 Å². The summed E-state index contributed by atoms with van der Waals surface area (Å²) in [6, 6.07) is 12.8. The quantitative estimate of drug-likeness (QED) is 0.552. The Morgan fingerprint density at radius 3 is 2.78 bits per heavy atom. The van der Waals surface area contributed by atoms with Crippen molar-refractivity contribution in [2.24, 2.45) is 0 Å². The molecule has 0 aliphatic carbocycles. The highest BCUT2D eigenvalue weighted by Gasteiger charge is 2.16. The molecule has 27 heavy (non-hydrogen) atoms. The van der Waals surface area contributed by atoms with Crippen LogP contribution in [0.4, 0.5) is 0 Å². The molecule has 2 aromatic carbocycles. The van der Waals surface area contributed by atoms with Crippen molar-refractivity contribution in [2.45, 2.75) is 26.0 Å². The van der Waals surface area contributed by atoms with Crippen molar-refractivity contribution in [3.63, 3.8) is 0 Å². The highest BCUT2D eigenvalue weighted by Crippen LogP contribution is 2.28. The van der Waals surface area contributed by atoms with Gasteiger partial charge in [0.1, 0.15) is 5.75 Å². The van der Waals surface area contributed by atoms with Crippen molar-refractivity contribution >= 4 is 40.0 Å². The van der Waals surface area contributed by atoms with E-state index in [1.165, 1.54) is 0 Å². The molecule has 1 atom stereocenters. The number of amides is 1. The number of H-pyrrole nitrogens is 1. The number of halogens is 2. The Balaban J connectivity index is 1.60. The van der Waals surface area contributed by atoms with E-state index in [0.717, 1.165) is 22.2 Å². The lowest BCUT2D eigenvalue weighted by molar-refractivity contribution is -0.127. The molecule has 0 saturated heterocycles. The van der Waals surface area contributed by atoms with Gasteiger partial charge in [0, 0.05) is 35.8 Å². The summed E-state index contributed by atoms with van der Waals surface area (Å²) in [6.07, 6.45) is -0.112. The molecule has 0 radical (unpaired) electrons. The van der Waals surface area contributed by atoms with E-state index in [1.807, 2.05) is 24.3 Å². The van der Waals surface area contributed by atoms with Gasteiger partial charge in [-0.1, -0.05) is 29.3 Å². The first kappa shape index (κ1) is 19.5. The van der Waals surface area contributed by atoms with E-state index in [2.05, 4.69) is 10.3 Å². The molecule has 0 aliphatic heterocycles. The lowest BCUT2D eigenvalue weighted by atomic mass is 10.1. The van der Waals surface area contributed by atoms with Crippen LogP contribution in [-0.2, 0) is 17.8 Å². The van der Waals surface area contributed by atoms with Crippen molar-refractivity contribution < 1.29 is 14.6 Å². The minimum Gasteiger partial charge on any atom is -0.479 e. The second kappa shape index (κ2) is 8.65. The lowest BCUT2D eigenvalue weighted by Gasteiger charge is -2.16. The number of aliphatic hydroxyl groups excluding tert-OH is 1. The monoisotopic (exact) mass is 406 g/mol. The van der Waals surface area contributed by atoms with Gasteiger partial charge in [-0.25, -0.2) is 0 Å². The van der Waals surface area contributed by atoms with Gasteiger partial charge in [0.05, 0.1) is 5.02 Å². The third kappa shape index (κ3) is 4.95. The van der Waals surface area contributed by atoms with Gasteiger partial charge in [-0.2, -0.15) is 0 Å². The van der Waals surface area contributed by atoms with Gasteiger partial charge in [0.2, 0.25) is 0 Å². The molecule has 1 unspecified atom stereocenters. The van der Waals surface area contributed by atoms with Crippen LogP contribution in [0.3, 0.4) is 0 Å². The van der Waals surface area contributed by atoms with Crippen LogP contribution in [0.25, 0.3) is 10.9 Å². The third-order valence-electron chi connectivity index (χ3n) is 4.16. The minimum absolute atomic E-state index is 0.102. The molecular formula is C20H20Cl2N2O3. The van der Waals surface area contributed by atoms with E-state index in [0.29, 0.717) is 28.8 Å². The average Bonchev–Trinajstić information content (AvgIpc) is 3.03. The van der Waals surface area contributed by atoms with Crippen LogP contribution in [0.1, 0.15) is 18.2 Å². The molecule has 0 saturated carbocycles. The number of fused-ring (bicyclic) bond motifs is 1. The second-order valence-corrected chi connectivity index (χ2v) is 7.09. The zero-order chi connectivity index (χ0) is 19.4. The number of carbonyl (C=O) groups excluding carboxylic acids is 1. The van der Waals surface area contributed by atoms with Gasteiger partial charge in [-0.15, -0.1) is 0 Å². The number of hydrogen-bond acceptors (Lipinski definition) is 3. The summed E-state index contributed by atoms with van der Waals surface area (Å²) < 4.78 is 5.62. The molecule has 3 rings (SSSR count). The van der Waals surface area contributed by atoms with Crippen molar-refractivity contribution in [3.05, 3.63) is 63.8 Å². The van der Waals surface area contributed by atoms with Gasteiger partial charge >= 0.3 is 0 Å². The maximum Gasteiger partial charge on any atom is 0.261 e. The van der Waals surface area contributed by atoms with Gasteiger partial charge in [0.25, 0.3) is 5.91 Å². The number of rotatable bonds is 7. The van der Waals surface area contributed by atoms with Crippen molar-refractivity contribution in [1.29, 1.82) is 0 Å². The Morgan fingerprint density at radius 2 is 2.04 bits per heavy atom. The molecule has 3 N–H and O–H groups in total. The number of aromatic amines is 1. The fourth-order valence-electron chi connectivity index (χ4n) is 2.75. The molecule has 1 aromatic heterocycles. The largest absolute Gasteiger partial charge is 0.479 e. The maximum atomic E-state index is 12.3. The van der Waals surface area contributed by atoms with Crippen LogP contribution in [0.2, 0.25) is 10.0 Å². The molecule has 0 aliphatic rings. The van der Waals surface area contributed by atoms with Crippen molar-refractivity contribution in [2.75, 3.05) is 6.61 Å². The Bertz CT molecular complexity index is 956. The first-order valence-corrected chi connectivity index (χ1v) is 9.32. The summed E-state index contributed by atoms with van der Waals surface area (Å²) in [5.41, 5.74) is 2.96. The number of aliphatic hydroxyl groups is 1. The van der Waals surface area contributed by atoms with E-state index >= 15 is 0 Å². The smallest absolute Gasteiger partial charge is 0.261 e. The molecule has 0 spiro atoms. The SMILES string of the molecule is CC(Oc1ccc(Cl)cc1Cl)C(=O)NCc1ccc2[nH]c(CCO)cc2c1. The van der Waals surface area contributed by atoms with Crippen molar-refractivity contribution in [1.82, 2.24) is 10.3 Å². The fraction of sp³-hybridized carbons (Fsp3) is 0.250. The number of ether oxygens (including phenoxy) is 1. The Kier molecular flexibility index (Phi) is 6.26. The maximum absolute atomic E-state index is 12.3. The summed E-state index contributed by atoms with van der Waals surface area (Å²) in [6.45, 7) is 2.15. The molecule has 142 valence electrons. The van der Waals surface area contributed by atoms with Crippen LogP contribution in [-0.4, -0.2) is 28.7 Å². The summed E-state index contributed by atoms with van der Waals surface area (Å²) in [4.78, 5) is 15.6. The summed E-state index contributed by atoms with van der Waals surface area (Å²) in [7, 11) is 0. The second-order valence-electron chi connectivity index (χ2n) is 6.24. The Labute approximate surface area is 167 Å². The van der Waals surface area contributed by atoms with Gasteiger partial charge < -0.3 is 20.1 Å². The Hall–Kier alpha value is -2.21. The molecule has 3 aromatic rings. The highest BCUT2D eigenvalue weighted by atomic mass is 35.5. The Morgan fingerprint density at radius 1 is 1.22 bits per heavy atom. The minimum atomic E-state index is -0.698. The van der Waals surface area contributed by atoms with E-state index in [4.69, 9.17) is 33.0 Å². The molecule has 0 bridgehead atoms. The standard InChI is InChI=1S/C20H20Cl2N2O3/c1-12(27-19-5-3-15(21)10-17(19)22)20(26)23-11-13-2-4-18-14(8-13)9-16(24-18)6-7-25/h2-5,8-10,12,24-25H,6-7,11H2,1H3,(H,23,26). The molecule has 1 heterocycles. The molecule has 5 nitrogen and oxygen atoms in total. The van der Waals surface area contributed by atoms with Crippen LogP contribution in [0, 0.1) is 0 Å². The van der Waals surface area contributed by atoms with Gasteiger partial charge in [-0.05, 0) is 54.3 Å². The predicted octanol–water partition coefficient (Wildman–Crippen LogP) is 4.09. The van der Waals surface area contributed by atoms with Crippen LogP contribution >= 0.6 is 23.2 Å². The zero-order valence-corrected chi connectivity index (χ0v) is 16.3. The first-order chi connectivity index (χ1) is 13.0. The summed E-state index contributed by atoms with van der Waals surface area (Å²) >= 11 is 11.9. The zero-order valence-electron chi connectivity index (χ0n) is 14.8. The predicted molar refractivity (Wildman–Crippen MR) is 107 cm³/mol. The number of aromatic nitrogens is 1. The first-order valence-electron chi connectivity index (χ1n) is 8.57. The highest BCUT2D eigenvalue weighted by molar-refractivity contribution is 6.35. The summed E-state index contributed by atoms with van der Waals surface area (Å²) in [5, 5.41) is 13.8. The number of nitrogens with one attached hydrogen (secondary N) is 2. The van der Waals surface area contributed by atoms with Crippen LogP contribution < -0.4 is 10.1 Å². The van der Waals surface area contributed by atoms with Crippen LogP contribution in [0.5, 0.6) is 5.75 Å². The van der Waals surface area contributed by atoms with Gasteiger partial charge in [-0.3, -0.25) is 4.79 Å². The molecular weight excluding hydrogens is 387 g/mol. The van der Waals surface area contributed by atoms with E-state index < -0.39 is 6.10 Å². The number of benzene rings is 2. The fourth-order valence-corrected chi connectivity index (χ4v) is 3.21. The normalized spacial score (nSPS) is 12.1. The lowest BCUT2D eigenvalue weighted by Crippen LogP contribution is -2.35. The van der Waals surface area contributed by atoms with Crippen LogP contribution in [0.15, 0.2) is 42.5 Å². The average molecular weight is 407 g/mol. The summed E-state index contributed by atoms with van der Waals surface area (Å²) in [5.74, 6) is 0.171. The topological polar surface area (TPSA) is 74.3 Å². The van der Waals surface area contributed by atoms with E-state index in [-0.39, 0.29) is 12.5 Å². The number of hydrogen-bond donors (Lipinski definition) is 3. The van der Waals surface area contributed by atoms with Gasteiger partial charge in [0.15, 0.2) is 6.10 Å². The molecule has 7 heteroatoms. The molecule has 1 amide bonds. The number of carbonyl (C=O) groups is 1. The third-order valence-corrected chi connectivity index (χ3v) is 4.69.